The Morgan fingerprint density at radius 1 is 0.529 bits per heavy atom. The van der Waals surface area contributed by atoms with Crippen LogP contribution in [-0.2, 0) is 32.4 Å². The van der Waals surface area contributed by atoms with Crippen LogP contribution in [0.3, 0.4) is 0 Å². The molecule has 0 aliphatic carbocycles. The van der Waals surface area contributed by atoms with Crippen LogP contribution in [0.25, 0.3) is 0 Å². The third-order valence-corrected chi connectivity index (χ3v) is 7.09. The molecule has 0 saturated heterocycles. The van der Waals surface area contributed by atoms with Crippen molar-refractivity contribution in [1.82, 2.24) is 0 Å². The van der Waals surface area contributed by atoms with E-state index in [1.807, 2.05) is 9.44 Å². The van der Waals surface area contributed by atoms with E-state index in [0.717, 1.165) is 36.4 Å². The average Bonchev–Trinajstić information content (AvgIpc) is 2.74. The Kier molecular flexibility index (Phi) is 6.59. The van der Waals surface area contributed by atoms with E-state index in [1.54, 1.807) is 0 Å². The Hall–Kier alpha value is -3.26. The van der Waals surface area contributed by atoms with Crippen LogP contribution >= 0.6 is 0 Å². The van der Waals surface area contributed by atoms with Crippen LogP contribution in [0.1, 0.15) is 11.1 Å². The number of anilines is 2. The number of rotatable bonds is 6. The molecule has 34 heavy (non-hydrogen) atoms. The maximum absolute atomic E-state index is 12.9. The number of sulfonamides is 2. The SMILES string of the molecule is O=S(=O)(Nc1ccccc1NS(=O)(=O)c1cccc(C(F)(F)F)c1)c1cccc(C(F)(F)F)c1. The summed E-state index contributed by atoms with van der Waals surface area (Å²) < 4.78 is 132. The third-order valence-electron chi connectivity index (χ3n) is 4.36. The summed E-state index contributed by atoms with van der Waals surface area (Å²) in [7, 11) is -9.20. The minimum atomic E-state index is -4.80. The van der Waals surface area contributed by atoms with Gasteiger partial charge in [-0.2, -0.15) is 26.3 Å². The Labute approximate surface area is 190 Å². The van der Waals surface area contributed by atoms with Crippen molar-refractivity contribution in [2.24, 2.45) is 0 Å². The van der Waals surface area contributed by atoms with Crippen LogP contribution < -0.4 is 9.44 Å². The largest absolute Gasteiger partial charge is 0.416 e. The molecule has 0 heterocycles. The standard InChI is InChI=1S/C20H14F6N2O4S2/c21-19(22,23)13-5-3-7-15(11-13)33(29,30)27-17-9-1-2-10-18(17)28-34(31,32)16-8-4-6-14(12-16)20(24,25)26/h1-12,27-28H. The van der Waals surface area contributed by atoms with Crippen molar-refractivity contribution in [1.29, 1.82) is 0 Å². The molecule has 0 bridgehead atoms. The van der Waals surface area contributed by atoms with E-state index in [1.165, 1.54) is 12.1 Å². The van der Waals surface area contributed by atoms with Crippen LogP contribution in [0.15, 0.2) is 82.6 Å². The average molecular weight is 524 g/mol. The van der Waals surface area contributed by atoms with E-state index in [9.17, 15) is 43.2 Å². The predicted molar refractivity (Wildman–Crippen MR) is 111 cm³/mol. The number of hydrogen-bond donors (Lipinski definition) is 2. The molecule has 14 heteroatoms. The molecular weight excluding hydrogens is 510 g/mol. The summed E-state index contributed by atoms with van der Waals surface area (Å²) >= 11 is 0. The number of para-hydroxylation sites is 2. The Morgan fingerprint density at radius 2 is 0.882 bits per heavy atom. The monoisotopic (exact) mass is 524 g/mol. The molecule has 0 amide bonds. The van der Waals surface area contributed by atoms with E-state index in [4.69, 9.17) is 0 Å². The summed E-state index contributed by atoms with van der Waals surface area (Å²) in [5.74, 6) is 0. The van der Waals surface area contributed by atoms with E-state index in [0.29, 0.717) is 24.3 Å². The first kappa shape index (κ1) is 25.4. The molecule has 0 aliphatic rings. The minimum absolute atomic E-state index is 0.365. The number of halogens is 6. The number of benzene rings is 3. The van der Waals surface area contributed by atoms with Gasteiger partial charge >= 0.3 is 12.4 Å². The van der Waals surface area contributed by atoms with Gasteiger partial charge < -0.3 is 0 Å². The lowest BCUT2D eigenvalue weighted by atomic mass is 10.2. The van der Waals surface area contributed by atoms with Gasteiger partial charge in [-0.05, 0) is 48.5 Å². The van der Waals surface area contributed by atoms with Gasteiger partial charge in [0.1, 0.15) is 0 Å². The molecule has 0 radical (unpaired) electrons. The summed E-state index contributed by atoms with van der Waals surface area (Å²) in [4.78, 5) is -1.48. The zero-order chi connectivity index (χ0) is 25.4. The van der Waals surface area contributed by atoms with Gasteiger partial charge in [-0.3, -0.25) is 9.44 Å². The quantitative estimate of drug-likeness (QED) is 0.427. The number of alkyl halides is 6. The van der Waals surface area contributed by atoms with Crippen LogP contribution in [0.5, 0.6) is 0 Å². The number of nitrogens with one attached hydrogen (secondary N) is 2. The second-order valence-corrected chi connectivity index (χ2v) is 10.2. The zero-order valence-electron chi connectivity index (χ0n) is 16.6. The summed E-state index contributed by atoms with van der Waals surface area (Å²) in [6.07, 6.45) is -9.60. The molecule has 0 fully saturated rings. The molecule has 6 nitrogen and oxygen atoms in total. The van der Waals surface area contributed by atoms with Crippen LogP contribution in [0, 0.1) is 0 Å². The van der Waals surface area contributed by atoms with Gasteiger partial charge in [0.25, 0.3) is 20.0 Å². The smallest absolute Gasteiger partial charge is 0.277 e. The van der Waals surface area contributed by atoms with Gasteiger partial charge in [0, 0.05) is 0 Å². The second kappa shape index (κ2) is 8.83. The fraction of sp³-hybridized carbons (Fsp3) is 0.100. The predicted octanol–water partition coefficient (Wildman–Crippen LogP) is 5.33. The lowest BCUT2D eigenvalue weighted by Gasteiger charge is -2.16. The molecule has 3 rings (SSSR count). The molecule has 0 aromatic heterocycles. The topological polar surface area (TPSA) is 92.3 Å². The summed E-state index contributed by atoms with van der Waals surface area (Å²) in [5, 5.41) is 0. The van der Waals surface area contributed by atoms with E-state index >= 15 is 0 Å². The highest BCUT2D eigenvalue weighted by Gasteiger charge is 2.33. The molecule has 0 saturated carbocycles. The van der Waals surface area contributed by atoms with Crippen LogP contribution in [0.2, 0.25) is 0 Å². The van der Waals surface area contributed by atoms with Gasteiger partial charge in [-0.1, -0.05) is 24.3 Å². The van der Waals surface area contributed by atoms with E-state index in [-0.39, 0.29) is 11.4 Å². The summed E-state index contributed by atoms with van der Waals surface area (Å²) in [5.41, 5.74) is -3.16. The molecule has 3 aromatic carbocycles. The Morgan fingerprint density at radius 3 is 1.21 bits per heavy atom. The summed E-state index contributed by atoms with van der Waals surface area (Å²) in [6, 6.07) is 10.6. The first-order valence-corrected chi connectivity index (χ1v) is 12.1. The van der Waals surface area contributed by atoms with Crippen LogP contribution in [0.4, 0.5) is 37.7 Å². The van der Waals surface area contributed by atoms with Gasteiger partial charge in [-0.25, -0.2) is 16.8 Å². The van der Waals surface area contributed by atoms with Gasteiger partial charge in [0.15, 0.2) is 0 Å². The molecule has 0 unspecified atom stereocenters. The van der Waals surface area contributed by atoms with Crippen molar-refractivity contribution in [2.45, 2.75) is 22.1 Å². The van der Waals surface area contributed by atoms with E-state index in [2.05, 4.69) is 0 Å². The fourth-order valence-corrected chi connectivity index (χ4v) is 5.00. The maximum Gasteiger partial charge on any atom is 0.416 e. The van der Waals surface area contributed by atoms with Crippen molar-refractivity contribution in [3.8, 4) is 0 Å². The van der Waals surface area contributed by atoms with Crippen molar-refractivity contribution in [3.05, 3.63) is 83.9 Å². The van der Waals surface area contributed by atoms with Crippen molar-refractivity contribution in [2.75, 3.05) is 9.44 Å². The molecule has 0 spiro atoms. The third kappa shape index (κ3) is 5.80. The fourth-order valence-electron chi connectivity index (χ4n) is 2.75. The molecule has 182 valence electrons. The highest BCUT2D eigenvalue weighted by Crippen LogP contribution is 2.33. The number of hydrogen-bond acceptors (Lipinski definition) is 4. The molecule has 0 atom stereocenters. The minimum Gasteiger partial charge on any atom is -0.277 e. The Bertz CT molecular complexity index is 1310. The van der Waals surface area contributed by atoms with Gasteiger partial charge in [0.05, 0.1) is 32.3 Å². The molecule has 3 aromatic rings. The first-order valence-electron chi connectivity index (χ1n) is 9.09. The second-order valence-electron chi connectivity index (χ2n) is 6.81. The van der Waals surface area contributed by atoms with Crippen LogP contribution in [-0.4, -0.2) is 16.8 Å². The molecule has 2 N–H and O–H groups in total. The first-order chi connectivity index (χ1) is 15.6. The van der Waals surface area contributed by atoms with Gasteiger partial charge in [0.2, 0.25) is 0 Å². The normalized spacial score (nSPS) is 12.9. The summed E-state index contributed by atoms with van der Waals surface area (Å²) in [6.45, 7) is 0. The Balaban J connectivity index is 1.94. The lowest BCUT2D eigenvalue weighted by molar-refractivity contribution is -0.138. The highest BCUT2D eigenvalue weighted by molar-refractivity contribution is 7.93. The molecule has 0 aliphatic heterocycles. The van der Waals surface area contributed by atoms with Gasteiger partial charge in [-0.15, -0.1) is 0 Å². The zero-order valence-corrected chi connectivity index (χ0v) is 18.3. The van der Waals surface area contributed by atoms with Crippen molar-refractivity contribution < 1.29 is 43.2 Å². The van der Waals surface area contributed by atoms with E-state index < -0.39 is 53.3 Å². The molecular formula is C20H14F6N2O4S2. The van der Waals surface area contributed by atoms with Crippen molar-refractivity contribution >= 4 is 31.4 Å². The highest BCUT2D eigenvalue weighted by atomic mass is 32.2. The maximum atomic E-state index is 12.9. The van der Waals surface area contributed by atoms with Crippen molar-refractivity contribution in [3.63, 3.8) is 0 Å². The lowest BCUT2D eigenvalue weighted by Crippen LogP contribution is -2.18.